The van der Waals surface area contributed by atoms with Crippen molar-refractivity contribution < 1.29 is 33.4 Å². The fourth-order valence-electron chi connectivity index (χ4n) is 3.19. The molecule has 0 amide bonds. The largest absolute Gasteiger partial charge is 0.461 e. The molecule has 1 aliphatic carbocycles. The van der Waals surface area contributed by atoms with Crippen LogP contribution in [0.25, 0.3) is 0 Å². The summed E-state index contributed by atoms with van der Waals surface area (Å²) in [6, 6.07) is 0. The topological polar surface area (TPSA) is 96.0 Å². The lowest BCUT2D eigenvalue weighted by atomic mass is 9.85. The molecule has 0 unspecified atom stereocenters. The van der Waals surface area contributed by atoms with E-state index in [1.165, 1.54) is 6.92 Å². The summed E-state index contributed by atoms with van der Waals surface area (Å²) in [6.07, 6.45) is 4.01. The third kappa shape index (κ3) is 5.41. The van der Waals surface area contributed by atoms with Crippen molar-refractivity contribution in [3.05, 3.63) is 35.5 Å². The van der Waals surface area contributed by atoms with Gasteiger partial charge in [-0.2, -0.15) is 0 Å². The zero-order valence-corrected chi connectivity index (χ0v) is 16.4. The summed E-state index contributed by atoms with van der Waals surface area (Å²) < 4.78 is 16.2. The third-order valence-electron chi connectivity index (χ3n) is 4.72. The van der Waals surface area contributed by atoms with E-state index in [4.69, 9.17) is 14.2 Å². The molecule has 0 aromatic carbocycles. The van der Waals surface area contributed by atoms with Crippen molar-refractivity contribution in [1.82, 2.24) is 0 Å². The molecule has 7 heteroatoms. The highest BCUT2D eigenvalue weighted by Crippen LogP contribution is 2.36. The molecule has 1 fully saturated rings. The Bertz CT molecular complexity index is 729. The summed E-state index contributed by atoms with van der Waals surface area (Å²) >= 11 is 0. The summed E-state index contributed by atoms with van der Waals surface area (Å²) in [5.74, 6) is -2.40. The minimum atomic E-state index is -0.764. The second kappa shape index (κ2) is 9.48. The van der Waals surface area contributed by atoms with Crippen LogP contribution in [0, 0.1) is 11.8 Å². The quantitative estimate of drug-likeness (QED) is 0.234. The first kappa shape index (κ1) is 21.6. The normalized spacial score (nSPS) is 28.9. The van der Waals surface area contributed by atoms with Gasteiger partial charge in [0.25, 0.3) is 0 Å². The number of hydrogen-bond acceptors (Lipinski definition) is 7. The van der Waals surface area contributed by atoms with Crippen LogP contribution in [-0.2, 0) is 33.4 Å². The van der Waals surface area contributed by atoms with Crippen LogP contribution in [0.1, 0.15) is 40.0 Å². The maximum atomic E-state index is 12.2. The summed E-state index contributed by atoms with van der Waals surface area (Å²) in [4.78, 5) is 47.1. The van der Waals surface area contributed by atoms with Gasteiger partial charge in [-0.1, -0.05) is 26.5 Å². The molecule has 3 atom stereocenters. The summed E-state index contributed by atoms with van der Waals surface area (Å²) in [6.45, 7) is 8.60. The molecule has 0 radical (unpaired) electrons. The van der Waals surface area contributed by atoms with E-state index < -0.39 is 36.0 Å². The lowest BCUT2D eigenvalue weighted by Crippen LogP contribution is -2.35. The lowest BCUT2D eigenvalue weighted by molar-refractivity contribution is -0.156. The Kier molecular flexibility index (Phi) is 7.31. The molecule has 0 bridgehead atoms. The summed E-state index contributed by atoms with van der Waals surface area (Å²) in [5.41, 5.74) is 1.42. The van der Waals surface area contributed by atoms with Gasteiger partial charge in [0.15, 0.2) is 0 Å². The van der Waals surface area contributed by atoms with Crippen LogP contribution in [-0.4, -0.2) is 43.0 Å². The van der Waals surface area contributed by atoms with Crippen LogP contribution in [0.4, 0.5) is 0 Å². The fourth-order valence-corrected chi connectivity index (χ4v) is 3.19. The second-order valence-corrected chi connectivity index (χ2v) is 7.30. The number of hydrogen-bond donors (Lipinski definition) is 0. The monoisotopic (exact) mass is 390 g/mol. The van der Waals surface area contributed by atoms with Gasteiger partial charge in [-0.05, 0) is 30.1 Å². The Balaban J connectivity index is 2.41. The van der Waals surface area contributed by atoms with E-state index in [1.807, 2.05) is 0 Å². The average molecular weight is 390 g/mol. The number of carbonyl (C=O) groups excluding carboxylic acids is 4. The van der Waals surface area contributed by atoms with Crippen LogP contribution in [0.3, 0.4) is 0 Å². The first-order valence-electron chi connectivity index (χ1n) is 9.30. The van der Waals surface area contributed by atoms with E-state index >= 15 is 0 Å². The van der Waals surface area contributed by atoms with E-state index in [9.17, 15) is 19.2 Å². The minimum absolute atomic E-state index is 0.0588. The fraction of sp³-hybridized carbons (Fsp3) is 0.524. The van der Waals surface area contributed by atoms with Crippen LogP contribution >= 0.6 is 0 Å². The lowest BCUT2D eigenvalue weighted by Gasteiger charge is -2.27. The number of esters is 3. The van der Waals surface area contributed by atoms with Crippen molar-refractivity contribution in [2.75, 3.05) is 6.61 Å². The molecule has 2 aliphatic rings. The van der Waals surface area contributed by atoms with Gasteiger partial charge >= 0.3 is 17.9 Å². The summed E-state index contributed by atoms with van der Waals surface area (Å²) in [7, 11) is 0. The highest BCUT2D eigenvalue weighted by atomic mass is 16.6. The standard InChI is InChI=1S/C21H26O7/c1-12(2)20(24)27-17-8-15(10-22)6-5-7-16(11-26-14(4)23)9-18-19(17)13(3)21(25)28-18/h6,9-10,12,17-19H,3,5,7-8,11H2,1-2,4H3/b15-6+,16-9+/t17-,18-,19-/m1/s1. The number of carbonyl (C=O) groups is 4. The Morgan fingerprint density at radius 3 is 2.71 bits per heavy atom. The number of fused-ring (bicyclic) bond motifs is 1. The van der Waals surface area contributed by atoms with Crippen molar-refractivity contribution in [3.63, 3.8) is 0 Å². The van der Waals surface area contributed by atoms with Crippen LogP contribution < -0.4 is 0 Å². The molecule has 7 nitrogen and oxygen atoms in total. The first-order valence-corrected chi connectivity index (χ1v) is 9.30. The van der Waals surface area contributed by atoms with Gasteiger partial charge in [0.2, 0.25) is 0 Å². The predicted molar refractivity (Wildman–Crippen MR) is 99.9 cm³/mol. The molecule has 152 valence electrons. The van der Waals surface area contributed by atoms with Crippen molar-refractivity contribution in [1.29, 1.82) is 0 Å². The first-order chi connectivity index (χ1) is 13.2. The van der Waals surface area contributed by atoms with E-state index in [1.54, 1.807) is 26.0 Å². The van der Waals surface area contributed by atoms with Gasteiger partial charge in [-0.25, -0.2) is 4.79 Å². The van der Waals surface area contributed by atoms with E-state index in [-0.39, 0.29) is 24.5 Å². The Morgan fingerprint density at radius 2 is 2.11 bits per heavy atom. The molecule has 0 aromatic rings. The smallest absolute Gasteiger partial charge is 0.334 e. The number of aldehydes is 1. The predicted octanol–water partition coefficient (Wildman–Crippen LogP) is 2.45. The zero-order chi connectivity index (χ0) is 20.8. The Labute approximate surface area is 164 Å². The van der Waals surface area contributed by atoms with E-state index in [0.29, 0.717) is 18.4 Å². The second-order valence-electron chi connectivity index (χ2n) is 7.30. The zero-order valence-electron chi connectivity index (χ0n) is 16.4. The van der Waals surface area contributed by atoms with Gasteiger partial charge in [-0.3, -0.25) is 14.4 Å². The third-order valence-corrected chi connectivity index (χ3v) is 4.72. The van der Waals surface area contributed by atoms with E-state index in [2.05, 4.69) is 6.58 Å². The number of allylic oxidation sites excluding steroid dienone is 1. The van der Waals surface area contributed by atoms with Gasteiger partial charge < -0.3 is 14.2 Å². The molecule has 0 saturated carbocycles. The van der Waals surface area contributed by atoms with Crippen molar-refractivity contribution in [2.45, 2.75) is 52.2 Å². The van der Waals surface area contributed by atoms with Gasteiger partial charge in [-0.15, -0.1) is 0 Å². The molecule has 1 heterocycles. The maximum Gasteiger partial charge on any atom is 0.334 e. The SMILES string of the molecule is C=C1C(=O)O[C@@H]2/C=C(/COC(C)=O)CC/C=C(/C=O)C[C@@H](OC(=O)C(C)C)[C@@H]12. The molecule has 1 saturated heterocycles. The van der Waals surface area contributed by atoms with Gasteiger partial charge in [0.05, 0.1) is 11.8 Å². The maximum absolute atomic E-state index is 12.2. The number of ether oxygens (including phenoxy) is 3. The van der Waals surface area contributed by atoms with Crippen molar-refractivity contribution in [2.24, 2.45) is 11.8 Å². The van der Waals surface area contributed by atoms with Gasteiger partial charge in [0, 0.05) is 18.9 Å². The molecular weight excluding hydrogens is 364 g/mol. The van der Waals surface area contributed by atoms with Crippen molar-refractivity contribution in [3.8, 4) is 0 Å². The van der Waals surface area contributed by atoms with Gasteiger partial charge in [0.1, 0.15) is 25.1 Å². The molecule has 1 aliphatic heterocycles. The Morgan fingerprint density at radius 1 is 1.39 bits per heavy atom. The molecular formula is C21H26O7. The Hall–Kier alpha value is -2.70. The van der Waals surface area contributed by atoms with Crippen LogP contribution in [0.2, 0.25) is 0 Å². The molecule has 2 rings (SSSR count). The van der Waals surface area contributed by atoms with Crippen LogP contribution in [0.15, 0.2) is 35.5 Å². The summed E-state index contributed by atoms with van der Waals surface area (Å²) in [5, 5.41) is 0. The molecule has 28 heavy (non-hydrogen) atoms. The highest BCUT2D eigenvalue weighted by Gasteiger charge is 2.44. The molecule has 0 aromatic heterocycles. The molecule has 0 N–H and O–H groups in total. The highest BCUT2D eigenvalue weighted by molar-refractivity contribution is 5.91. The minimum Gasteiger partial charge on any atom is -0.461 e. The van der Waals surface area contributed by atoms with E-state index in [0.717, 1.165) is 11.9 Å². The van der Waals surface area contributed by atoms with Crippen molar-refractivity contribution >= 4 is 24.2 Å². The number of rotatable bonds is 5. The average Bonchev–Trinajstić information content (AvgIpc) is 2.91. The molecule has 0 spiro atoms. The van der Waals surface area contributed by atoms with Crippen LogP contribution in [0.5, 0.6) is 0 Å².